The number of amides is 2. The highest BCUT2D eigenvalue weighted by molar-refractivity contribution is 5.86. The normalized spacial score (nSPS) is 12.0. The summed E-state index contributed by atoms with van der Waals surface area (Å²) >= 11 is 0. The molecule has 1 N–H and O–H groups in total. The van der Waals surface area contributed by atoms with E-state index < -0.39 is 0 Å². The number of carbonyl (C=O) groups excluding carboxylic acids is 2. The van der Waals surface area contributed by atoms with Gasteiger partial charge in [-0.25, -0.2) is 5.43 Å². The smallest absolute Gasteiger partial charge is 0.242 e. The Morgan fingerprint density at radius 1 is 0.500 bits per heavy atom. The van der Waals surface area contributed by atoms with Gasteiger partial charge in [0.15, 0.2) is 0 Å². The number of hydrazone groups is 1. The van der Waals surface area contributed by atoms with Gasteiger partial charge in [0, 0.05) is 31.1 Å². The second-order valence-corrected chi connectivity index (χ2v) is 15.6. The van der Waals surface area contributed by atoms with Crippen LogP contribution in [0.5, 0.6) is 0 Å². The van der Waals surface area contributed by atoms with Crippen LogP contribution in [0.15, 0.2) is 5.10 Å². The maximum atomic E-state index is 13.8. The average Bonchev–Trinajstić information content (AvgIpc) is 3.10. The zero-order valence-corrected chi connectivity index (χ0v) is 34.8. The number of nitrogens with one attached hydrogen (secondary N) is 1. The van der Waals surface area contributed by atoms with E-state index in [0.29, 0.717) is 12.8 Å². The quantitative estimate of drug-likeness (QED) is 0.0395. The second kappa shape index (κ2) is 37.3. The zero-order chi connectivity index (χ0) is 36.9. The molecule has 0 radical (unpaired) electrons. The first-order valence-corrected chi connectivity index (χ1v) is 22.2. The molecule has 0 aliphatic carbocycles. The van der Waals surface area contributed by atoms with E-state index in [1.165, 1.54) is 135 Å². The van der Waals surface area contributed by atoms with Gasteiger partial charge in [0.1, 0.15) is 0 Å². The SMILES string of the molecule is CCCCCCCCCC(=O)N(CCCN(C)C)C(CCCCCCCCC)CC(=O)NN=C(CCCCCCCC)CCCCCCCC. The minimum absolute atomic E-state index is 0.0253. The fourth-order valence-electron chi connectivity index (χ4n) is 7.01. The first kappa shape index (κ1) is 48.6. The van der Waals surface area contributed by atoms with Crippen molar-refractivity contribution in [3.05, 3.63) is 0 Å². The predicted molar refractivity (Wildman–Crippen MR) is 220 cm³/mol. The minimum Gasteiger partial charge on any atom is -0.339 e. The number of unbranched alkanes of at least 4 members (excludes halogenated alkanes) is 22. The van der Waals surface area contributed by atoms with E-state index >= 15 is 0 Å². The van der Waals surface area contributed by atoms with Crippen LogP contribution in [0.25, 0.3) is 0 Å². The Hall–Kier alpha value is -1.43. The van der Waals surface area contributed by atoms with E-state index in [1.54, 1.807) is 0 Å². The van der Waals surface area contributed by atoms with Gasteiger partial charge in [-0.3, -0.25) is 9.59 Å². The van der Waals surface area contributed by atoms with Crippen molar-refractivity contribution < 1.29 is 9.59 Å². The Kier molecular flexibility index (Phi) is 36.3. The first-order chi connectivity index (χ1) is 24.4. The van der Waals surface area contributed by atoms with E-state index in [0.717, 1.165) is 76.6 Å². The largest absolute Gasteiger partial charge is 0.339 e. The van der Waals surface area contributed by atoms with E-state index in [2.05, 4.69) is 57.0 Å². The predicted octanol–water partition coefficient (Wildman–Crippen LogP) is 12.8. The summed E-state index contributed by atoms with van der Waals surface area (Å²) in [5.74, 6) is 0.219. The summed E-state index contributed by atoms with van der Waals surface area (Å²) in [6.45, 7) is 10.7. The molecular weight excluding hydrogens is 617 g/mol. The molecule has 1 atom stereocenters. The molecule has 0 aromatic heterocycles. The number of hydrogen-bond donors (Lipinski definition) is 1. The summed E-state index contributed by atoms with van der Waals surface area (Å²) in [4.78, 5) is 31.7. The summed E-state index contributed by atoms with van der Waals surface area (Å²) in [6.07, 6.45) is 37.1. The molecule has 0 saturated heterocycles. The van der Waals surface area contributed by atoms with Crippen LogP contribution in [0.1, 0.15) is 233 Å². The van der Waals surface area contributed by atoms with Crippen molar-refractivity contribution in [3.8, 4) is 0 Å². The average molecular weight is 705 g/mol. The lowest BCUT2D eigenvalue weighted by Gasteiger charge is -2.32. The lowest BCUT2D eigenvalue weighted by atomic mass is 10.00. The van der Waals surface area contributed by atoms with Crippen LogP contribution in [0.2, 0.25) is 0 Å². The fraction of sp³-hybridized carbons (Fsp3) is 0.932. The van der Waals surface area contributed by atoms with Gasteiger partial charge in [0.25, 0.3) is 0 Å². The van der Waals surface area contributed by atoms with Gasteiger partial charge in [-0.2, -0.15) is 5.10 Å². The summed E-state index contributed by atoms with van der Waals surface area (Å²) in [5, 5.41) is 4.77. The standard InChI is InChI=1S/C44H88N4O2/c1-7-11-15-19-23-27-31-36-42(48(39-33-38-47(5)6)44(50)37-32-28-24-20-16-12-8-2)40-43(49)46-45-41(34-29-25-21-17-13-9-3)35-30-26-22-18-14-10-4/h42H,7-40H2,1-6H3,(H,46,49). The van der Waals surface area contributed by atoms with Crippen molar-refractivity contribution in [2.24, 2.45) is 5.10 Å². The second-order valence-electron chi connectivity index (χ2n) is 15.6. The van der Waals surface area contributed by atoms with Gasteiger partial charge in [-0.1, -0.05) is 175 Å². The van der Waals surface area contributed by atoms with Crippen molar-refractivity contribution in [1.29, 1.82) is 0 Å². The molecule has 0 aliphatic rings. The van der Waals surface area contributed by atoms with Crippen LogP contribution in [-0.2, 0) is 9.59 Å². The molecule has 1 unspecified atom stereocenters. The molecule has 0 heterocycles. The molecule has 6 nitrogen and oxygen atoms in total. The van der Waals surface area contributed by atoms with Gasteiger partial charge >= 0.3 is 0 Å². The highest BCUT2D eigenvalue weighted by atomic mass is 16.2. The van der Waals surface area contributed by atoms with E-state index in [9.17, 15) is 9.59 Å². The Morgan fingerprint density at radius 3 is 1.34 bits per heavy atom. The minimum atomic E-state index is -0.0550. The third-order valence-electron chi connectivity index (χ3n) is 10.3. The van der Waals surface area contributed by atoms with Gasteiger partial charge in [0.2, 0.25) is 11.8 Å². The molecular formula is C44H88N4O2. The number of carbonyl (C=O) groups is 2. The topological polar surface area (TPSA) is 65.0 Å². The number of hydrogen-bond acceptors (Lipinski definition) is 4. The van der Waals surface area contributed by atoms with E-state index in [4.69, 9.17) is 5.10 Å². The number of rotatable bonds is 38. The molecule has 0 bridgehead atoms. The first-order valence-electron chi connectivity index (χ1n) is 22.2. The highest BCUT2D eigenvalue weighted by Crippen LogP contribution is 2.20. The van der Waals surface area contributed by atoms with Gasteiger partial charge in [0.05, 0.1) is 0 Å². The third-order valence-corrected chi connectivity index (χ3v) is 10.3. The molecule has 0 fully saturated rings. The molecule has 0 aromatic rings. The lowest BCUT2D eigenvalue weighted by Crippen LogP contribution is -2.44. The molecule has 2 amide bonds. The van der Waals surface area contributed by atoms with Crippen LogP contribution in [-0.4, -0.2) is 60.6 Å². The molecule has 0 aromatic carbocycles. The van der Waals surface area contributed by atoms with Crippen molar-refractivity contribution >= 4 is 17.5 Å². The maximum absolute atomic E-state index is 13.8. The molecule has 6 heteroatoms. The Balaban J connectivity index is 5.58. The summed E-state index contributed by atoms with van der Waals surface area (Å²) < 4.78 is 0. The molecule has 50 heavy (non-hydrogen) atoms. The van der Waals surface area contributed by atoms with Crippen LogP contribution in [0.4, 0.5) is 0 Å². The Morgan fingerprint density at radius 2 is 0.900 bits per heavy atom. The fourth-order valence-corrected chi connectivity index (χ4v) is 7.01. The molecule has 0 aliphatic heterocycles. The summed E-state index contributed by atoms with van der Waals surface area (Å²) in [5.41, 5.74) is 4.17. The Bertz CT molecular complexity index is 766. The van der Waals surface area contributed by atoms with Gasteiger partial charge < -0.3 is 9.80 Å². The number of nitrogens with zero attached hydrogens (tertiary/aromatic N) is 3. The van der Waals surface area contributed by atoms with Gasteiger partial charge in [-0.15, -0.1) is 0 Å². The van der Waals surface area contributed by atoms with Crippen molar-refractivity contribution in [3.63, 3.8) is 0 Å². The Labute approximate surface area is 313 Å². The monoisotopic (exact) mass is 705 g/mol. The van der Waals surface area contributed by atoms with Crippen LogP contribution >= 0.6 is 0 Å². The lowest BCUT2D eigenvalue weighted by molar-refractivity contribution is -0.135. The van der Waals surface area contributed by atoms with Crippen LogP contribution < -0.4 is 5.43 Å². The molecule has 0 spiro atoms. The van der Waals surface area contributed by atoms with Crippen LogP contribution in [0.3, 0.4) is 0 Å². The maximum Gasteiger partial charge on any atom is 0.242 e. The van der Waals surface area contributed by atoms with Crippen molar-refractivity contribution in [2.75, 3.05) is 27.2 Å². The molecule has 296 valence electrons. The van der Waals surface area contributed by atoms with Crippen LogP contribution in [0, 0.1) is 0 Å². The molecule has 0 rings (SSSR count). The zero-order valence-electron chi connectivity index (χ0n) is 34.8. The van der Waals surface area contributed by atoms with Crippen molar-refractivity contribution in [1.82, 2.24) is 15.2 Å². The summed E-state index contributed by atoms with van der Waals surface area (Å²) in [6, 6.07) is -0.0550. The van der Waals surface area contributed by atoms with Crippen molar-refractivity contribution in [2.45, 2.75) is 239 Å². The van der Waals surface area contributed by atoms with E-state index in [1.807, 2.05) is 0 Å². The van der Waals surface area contributed by atoms with E-state index in [-0.39, 0.29) is 17.9 Å². The molecule has 0 saturated carbocycles. The third kappa shape index (κ3) is 31.3. The summed E-state index contributed by atoms with van der Waals surface area (Å²) in [7, 11) is 4.19. The van der Waals surface area contributed by atoms with Gasteiger partial charge in [-0.05, 0) is 65.6 Å². The highest BCUT2D eigenvalue weighted by Gasteiger charge is 2.25.